The third-order valence-electron chi connectivity index (χ3n) is 6.04. The number of hydrogen-bond donors (Lipinski definition) is 2. The molecular formula is C26H28N6O4. The third kappa shape index (κ3) is 4.93. The zero-order chi connectivity index (χ0) is 25.4. The summed E-state index contributed by atoms with van der Waals surface area (Å²) in [5.41, 5.74) is 2.89. The van der Waals surface area contributed by atoms with E-state index in [9.17, 15) is 9.59 Å². The van der Waals surface area contributed by atoms with Crippen LogP contribution in [0.1, 0.15) is 61.5 Å². The molecule has 10 nitrogen and oxygen atoms in total. The monoisotopic (exact) mass is 488 g/mol. The van der Waals surface area contributed by atoms with Crippen molar-refractivity contribution in [3.8, 4) is 11.4 Å². The van der Waals surface area contributed by atoms with E-state index >= 15 is 0 Å². The van der Waals surface area contributed by atoms with Crippen molar-refractivity contribution >= 4 is 23.3 Å². The number of nitrogens with one attached hydrogen (secondary N) is 2. The number of amides is 2. The number of ether oxygens (including phenoxy) is 1. The highest BCUT2D eigenvalue weighted by molar-refractivity contribution is 6.04. The Morgan fingerprint density at radius 3 is 2.75 bits per heavy atom. The Labute approximate surface area is 208 Å². The van der Waals surface area contributed by atoms with Crippen LogP contribution in [0.2, 0.25) is 0 Å². The molecule has 10 heteroatoms. The van der Waals surface area contributed by atoms with E-state index in [0.717, 1.165) is 11.1 Å². The number of imidazole rings is 1. The minimum atomic E-state index is -0.534. The van der Waals surface area contributed by atoms with Crippen LogP contribution in [0.15, 0.2) is 53.3 Å². The van der Waals surface area contributed by atoms with E-state index in [1.165, 1.54) is 0 Å². The first-order valence-corrected chi connectivity index (χ1v) is 11.8. The summed E-state index contributed by atoms with van der Waals surface area (Å²) in [7, 11) is 0. The Hall–Kier alpha value is -4.21. The van der Waals surface area contributed by atoms with Gasteiger partial charge >= 0.3 is 6.09 Å². The van der Waals surface area contributed by atoms with Crippen LogP contribution in [0.3, 0.4) is 0 Å². The molecule has 0 radical (unpaired) electrons. The number of carbonyl (C=O) groups excluding carboxylic acids is 2. The second kappa shape index (κ2) is 9.10. The van der Waals surface area contributed by atoms with Crippen molar-refractivity contribution in [1.29, 1.82) is 0 Å². The molecule has 4 aromatic rings. The summed E-state index contributed by atoms with van der Waals surface area (Å²) in [5.74, 6) is 0.787. The molecule has 0 unspecified atom stereocenters. The van der Waals surface area contributed by atoms with Crippen LogP contribution in [0.4, 0.5) is 10.5 Å². The molecule has 3 aromatic heterocycles. The molecule has 36 heavy (non-hydrogen) atoms. The van der Waals surface area contributed by atoms with Crippen LogP contribution in [0.25, 0.3) is 17.0 Å². The first kappa shape index (κ1) is 23.5. The zero-order valence-electron chi connectivity index (χ0n) is 20.6. The lowest BCUT2D eigenvalue weighted by Gasteiger charge is -2.33. The standard InChI is InChI=1S/C26H28N6O4/c1-15-8-9-16(13-19(15)29-23(33)20-14-27-21-7-5-6-10-32(20)21)22-30-24(36-31-22)17-11-18(12-17)28-25(34)35-26(2,3)4/h5-10,13-14,17-18H,11-12H2,1-4H3,(H,28,34)(H,29,33). The first-order valence-electron chi connectivity index (χ1n) is 11.8. The molecule has 186 valence electrons. The average molecular weight is 489 g/mol. The number of aryl methyl sites for hydroxylation is 1. The number of aromatic nitrogens is 4. The quantitative estimate of drug-likeness (QED) is 0.417. The van der Waals surface area contributed by atoms with Crippen LogP contribution in [-0.2, 0) is 4.74 Å². The van der Waals surface area contributed by atoms with Gasteiger partial charge in [-0.15, -0.1) is 0 Å². The van der Waals surface area contributed by atoms with E-state index in [0.29, 0.717) is 41.6 Å². The highest BCUT2D eigenvalue weighted by Crippen LogP contribution is 2.37. The number of pyridine rings is 1. The average Bonchev–Trinajstić information content (AvgIpc) is 3.44. The third-order valence-corrected chi connectivity index (χ3v) is 6.04. The highest BCUT2D eigenvalue weighted by Gasteiger charge is 2.36. The molecule has 1 aromatic carbocycles. The molecule has 0 aliphatic heterocycles. The molecule has 0 atom stereocenters. The molecule has 1 fully saturated rings. The van der Waals surface area contributed by atoms with Crippen LogP contribution >= 0.6 is 0 Å². The number of fused-ring (bicyclic) bond motifs is 1. The van der Waals surface area contributed by atoms with Gasteiger partial charge in [-0.3, -0.25) is 9.20 Å². The Morgan fingerprint density at radius 2 is 1.97 bits per heavy atom. The Morgan fingerprint density at radius 1 is 1.17 bits per heavy atom. The second-order valence-electron chi connectivity index (χ2n) is 10.0. The summed E-state index contributed by atoms with van der Waals surface area (Å²) in [5, 5.41) is 9.98. The van der Waals surface area contributed by atoms with Crippen LogP contribution in [-0.4, -0.2) is 43.2 Å². The Balaban J connectivity index is 1.24. The van der Waals surface area contributed by atoms with Crippen molar-refractivity contribution in [2.45, 2.75) is 58.1 Å². The lowest BCUT2D eigenvalue weighted by molar-refractivity contribution is 0.0464. The number of hydrogen-bond acceptors (Lipinski definition) is 7. The number of nitrogens with zero attached hydrogens (tertiary/aromatic N) is 4. The molecule has 1 aliphatic rings. The van der Waals surface area contributed by atoms with Crippen molar-refractivity contribution < 1.29 is 18.8 Å². The number of carbonyl (C=O) groups is 2. The highest BCUT2D eigenvalue weighted by atomic mass is 16.6. The predicted molar refractivity (Wildman–Crippen MR) is 133 cm³/mol. The number of rotatable bonds is 5. The second-order valence-corrected chi connectivity index (χ2v) is 10.0. The van der Waals surface area contributed by atoms with Crippen molar-refractivity contribution in [3.63, 3.8) is 0 Å². The van der Waals surface area contributed by atoms with E-state index in [2.05, 4.69) is 25.8 Å². The number of alkyl carbamates (subject to hydrolysis) is 1. The lowest BCUT2D eigenvalue weighted by atomic mass is 9.80. The molecule has 0 bridgehead atoms. The van der Waals surface area contributed by atoms with E-state index in [1.54, 1.807) is 16.8 Å². The first-order chi connectivity index (χ1) is 17.2. The minimum absolute atomic E-state index is 0.0148. The molecule has 2 N–H and O–H groups in total. The Bertz CT molecular complexity index is 1430. The number of anilines is 1. The van der Waals surface area contributed by atoms with Gasteiger partial charge in [0.15, 0.2) is 0 Å². The summed E-state index contributed by atoms with van der Waals surface area (Å²) in [6, 6.07) is 11.2. The van der Waals surface area contributed by atoms with Gasteiger partial charge in [-0.2, -0.15) is 4.98 Å². The van der Waals surface area contributed by atoms with E-state index < -0.39 is 11.7 Å². The minimum Gasteiger partial charge on any atom is -0.444 e. The van der Waals surface area contributed by atoms with Crippen LogP contribution in [0, 0.1) is 6.92 Å². The van der Waals surface area contributed by atoms with Gasteiger partial charge in [-0.05, 0) is 64.3 Å². The molecule has 3 heterocycles. The molecule has 1 saturated carbocycles. The fourth-order valence-electron chi connectivity index (χ4n) is 4.11. The molecular weight excluding hydrogens is 460 g/mol. The SMILES string of the molecule is Cc1ccc(-c2noc(C3CC(NC(=O)OC(C)(C)C)C3)n2)cc1NC(=O)c1cnc2ccccn12. The fourth-order valence-corrected chi connectivity index (χ4v) is 4.11. The van der Waals surface area contributed by atoms with Gasteiger partial charge in [-0.1, -0.05) is 23.4 Å². The molecule has 1 aliphatic carbocycles. The predicted octanol–water partition coefficient (Wildman–Crippen LogP) is 4.72. The normalized spacial score (nSPS) is 17.4. The van der Waals surface area contributed by atoms with Gasteiger partial charge < -0.3 is 19.9 Å². The van der Waals surface area contributed by atoms with E-state index in [1.807, 2.05) is 64.1 Å². The summed E-state index contributed by atoms with van der Waals surface area (Å²) in [6.45, 7) is 7.41. The number of benzene rings is 1. The van der Waals surface area contributed by atoms with Gasteiger partial charge in [0.1, 0.15) is 16.9 Å². The van der Waals surface area contributed by atoms with Gasteiger partial charge in [0.25, 0.3) is 5.91 Å². The van der Waals surface area contributed by atoms with Crippen LogP contribution in [0.5, 0.6) is 0 Å². The molecule has 5 rings (SSSR count). The molecule has 2 amide bonds. The van der Waals surface area contributed by atoms with Gasteiger partial charge in [0.2, 0.25) is 11.7 Å². The maximum atomic E-state index is 13.0. The van der Waals surface area contributed by atoms with Gasteiger partial charge in [0, 0.05) is 29.4 Å². The topological polar surface area (TPSA) is 124 Å². The fraction of sp³-hybridized carbons (Fsp3) is 0.346. The van der Waals surface area contributed by atoms with Crippen molar-refractivity contribution in [3.05, 3.63) is 65.9 Å². The van der Waals surface area contributed by atoms with Crippen LogP contribution < -0.4 is 10.6 Å². The maximum Gasteiger partial charge on any atom is 0.407 e. The molecule has 0 saturated heterocycles. The van der Waals surface area contributed by atoms with E-state index in [-0.39, 0.29) is 17.9 Å². The van der Waals surface area contributed by atoms with Crippen molar-refractivity contribution in [2.24, 2.45) is 0 Å². The summed E-state index contributed by atoms with van der Waals surface area (Å²) in [4.78, 5) is 33.7. The van der Waals surface area contributed by atoms with Gasteiger partial charge in [0.05, 0.1) is 6.20 Å². The van der Waals surface area contributed by atoms with Crippen molar-refractivity contribution in [2.75, 3.05) is 5.32 Å². The van der Waals surface area contributed by atoms with Crippen molar-refractivity contribution in [1.82, 2.24) is 24.8 Å². The van der Waals surface area contributed by atoms with Gasteiger partial charge in [-0.25, -0.2) is 9.78 Å². The summed E-state index contributed by atoms with van der Waals surface area (Å²) >= 11 is 0. The maximum absolute atomic E-state index is 13.0. The molecule has 0 spiro atoms. The summed E-state index contributed by atoms with van der Waals surface area (Å²) in [6.07, 6.45) is 4.34. The van der Waals surface area contributed by atoms with E-state index in [4.69, 9.17) is 9.26 Å². The lowest BCUT2D eigenvalue weighted by Crippen LogP contribution is -2.45. The largest absolute Gasteiger partial charge is 0.444 e. The summed E-state index contributed by atoms with van der Waals surface area (Å²) < 4.78 is 12.6. The smallest absolute Gasteiger partial charge is 0.407 e. The zero-order valence-corrected chi connectivity index (χ0v) is 20.6. The Kier molecular flexibility index (Phi) is 5.95.